The van der Waals surface area contributed by atoms with Crippen LogP contribution in [-0.4, -0.2) is 24.0 Å². The highest BCUT2D eigenvalue weighted by molar-refractivity contribution is 7.14. The summed E-state index contributed by atoms with van der Waals surface area (Å²) in [5.41, 5.74) is 3.30. The molecule has 0 amide bonds. The second kappa shape index (κ2) is 6.25. The van der Waals surface area contributed by atoms with Crippen molar-refractivity contribution < 1.29 is 0 Å². The molecule has 1 aliphatic carbocycles. The van der Waals surface area contributed by atoms with Crippen LogP contribution in [0.1, 0.15) is 30.4 Å². The summed E-state index contributed by atoms with van der Waals surface area (Å²) in [5.74, 6) is 0. The van der Waals surface area contributed by atoms with Crippen LogP contribution in [0.4, 0.5) is 0 Å². The Morgan fingerprint density at radius 1 is 1.23 bits per heavy atom. The predicted octanol–water partition coefficient (Wildman–Crippen LogP) is 4.61. The lowest BCUT2D eigenvalue weighted by Crippen LogP contribution is -2.35. The monoisotopic (exact) mass is 352 g/mol. The van der Waals surface area contributed by atoms with Gasteiger partial charge in [0.1, 0.15) is 0 Å². The van der Waals surface area contributed by atoms with E-state index in [1.165, 1.54) is 43.5 Å². The molecule has 3 heterocycles. The number of hydrogen-bond acceptors (Lipinski definition) is 4. The molecule has 1 saturated carbocycles. The van der Waals surface area contributed by atoms with Gasteiger partial charge in [0.05, 0.1) is 4.34 Å². The van der Waals surface area contributed by atoms with Gasteiger partial charge in [-0.05, 0) is 77.2 Å². The first-order valence-corrected chi connectivity index (χ1v) is 10.1. The van der Waals surface area contributed by atoms with E-state index in [0.717, 1.165) is 23.5 Å². The summed E-state index contributed by atoms with van der Waals surface area (Å²) in [5, 5.41) is 10.1. The smallest absolute Gasteiger partial charge is 0.0973 e. The SMILES string of the molecule is Clc1sccc1CN(Cc1ccsc1)C1CC12CCNCC2. The van der Waals surface area contributed by atoms with Crippen LogP contribution >= 0.6 is 34.3 Å². The normalized spacial score (nSPS) is 23.3. The van der Waals surface area contributed by atoms with Crippen LogP contribution in [0.25, 0.3) is 0 Å². The Labute approximate surface area is 145 Å². The van der Waals surface area contributed by atoms with E-state index in [4.69, 9.17) is 11.6 Å². The number of hydrogen-bond donors (Lipinski definition) is 1. The van der Waals surface area contributed by atoms with Gasteiger partial charge in [-0.25, -0.2) is 0 Å². The molecule has 1 spiro atoms. The molecule has 2 aromatic rings. The van der Waals surface area contributed by atoms with Crippen LogP contribution in [0.5, 0.6) is 0 Å². The first-order valence-electron chi connectivity index (χ1n) is 7.95. The summed E-state index contributed by atoms with van der Waals surface area (Å²) >= 11 is 9.79. The first kappa shape index (κ1) is 15.2. The average molecular weight is 353 g/mol. The van der Waals surface area contributed by atoms with Crippen molar-refractivity contribution in [3.8, 4) is 0 Å². The molecule has 22 heavy (non-hydrogen) atoms. The molecule has 1 N–H and O–H groups in total. The van der Waals surface area contributed by atoms with E-state index in [0.29, 0.717) is 5.41 Å². The zero-order chi connectivity index (χ0) is 15.0. The fourth-order valence-electron chi connectivity index (χ4n) is 3.85. The Hall–Kier alpha value is -0.390. The van der Waals surface area contributed by atoms with E-state index in [1.54, 1.807) is 22.7 Å². The van der Waals surface area contributed by atoms with Crippen LogP contribution in [0.15, 0.2) is 28.3 Å². The van der Waals surface area contributed by atoms with Crippen molar-refractivity contribution in [3.63, 3.8) is 0 Å². The summed E-state index contributed by atoms with van der Waals surface area (Å²) in [4.78, 5) is 2.67. The molecule has 2 nitrogen and oxygen atoms in total. The molecule has 2 aromatic heterocycles. The van der Waals surface area contributed by atoms with E-state index in [-0.39, 0.29) is 0 Å². The lowest BCUT2D eigenvalue weighted by atomic mass is 9.93. The third-order valence-electron chi connectivity index (χ3n) is 5.22. The van der Waals surface area contributed by atoms with Gasteiger partial charge in [0.2, 0.25) is 0 Å². The quantitative estimate of drug-likeness (QED) is 0.845. The molecule has 4 rings (SSSR count). The van der Waals surface area contributed by atoms with Gasteiger partial charge in [0, 0.05) is 19.1 Å². The topological polar surface area (TPSA) is 15.3 Å². The van der Waals surface area contributed by atoms with Gasteiger partial charge in [0.15, 0.2) is 0 Å². The van der Waals surface area contributed by atoms with Crippen LogP contribution in [0.3, 0.4) is 0 Å². The fraction of sp³-hybridized carbons (Fsp3) is 0.529. The number of rotatable bonds is 5. The Bertz CT molecular complexity index is 616. The van der Waals surface area contributed by atoms with E-state index in [2.05, 4.69) is 38.5 Å². The molecule has 0 aromatic carbocycles. The van der Waals surface area contributed by atoms with Crippen molar-refractivity contribution in [3.05, 3.63) is 43.7 Å². The largest absolute Gasteiger partial charge is 0.317 e. The van der Waals surface area contributed by atoms with E-state index >= 15 is 0 Å². The molecule has 5 heteroatoms. The highest BCUT2D eigenvalue weighted by atomic mass is 35.5. The standard InChI is InChI=1S/C17H21ClN2S2/c18-16-14(2-8-22-16)11-20(10-13-1-7-21-12-13)15-9-17(15)3-5-19-6-4-17/h1-2,7-8,12,15,19H,3-6,9-11H2. The molecule has 2 fully saturated rings. The first-order chi connectivity index (χ1) is 10.8. The van der Waals surface area contributed by atoms with Crippen LogP contribution in [0, 0.1) is 5.41 Å². The zero-order valence-corrected chi connectivity index (χ0v) is 14.9. The van der Waals surface area contributed by atoms with Crippen molar-refractivity contribution in [2.75, 3.05) is 13.1 Å². The second-order valence-electron chi connectivity index (χ2n) is 6.59. The molecule has 2 aliphatic rings. The minimum absolute atomic E-state index is 0.573. The summed E-state index contributed by atoms with van der Waals surface area (Å²) in [6, 6.07) is 5.17. The highest BCUT2D eigenvalue weighted by Crippen LogP contribution is 2.56. The maximum Gasteiger partial charge on any atom is 0.0973 e. The summed E-state index contributed by atoms with van der Waals surface area (Å²) in [6.45, 7) is 4.40. The lowest BCUT2D eigenvalue weighted by Gasteiger charge is -2.29. The van der Waals surface area contributed by atoms with E-state index < -0.39 is 0 Å². The van der Waals surface area contributed by atoms with Gasteiger partial charge >= 0.3 is 0 Å². The van der Waals surface area contributed by atoms with Crippen LogP contribution in [-0.2, 0) is 13.1 Å². The predicted molar refractivity (Wildman–Crippen MR) is 95.8 cm³/mol. The van der Waals surface area contributed by atoms with Crippen molar-refractivity contribution >= 4 is 34.3 Å². The number of nitrogens with one attached hydrogen (secondary N) is 1. The molecule has 0 radical (unpaired) electrons. The second-order valence-corrected chi connectivity index (χ2v) is 8.89. The maximum atomic E-state index is 6.35. The number of nitrogens with zero attached hydrogens (tertiary/aromatic N) is 1. The fourth-order valence-corrected chi connectivity index (χ4v) is 5.42. The third kappa shape index (κ3) is 3.00. The van der Waals surface area contributed by atoms with Gasteiger partial charge in [0.25, 0.3) is 0 Å². The van der Waals surface area contributed by atoms with Crippen molar-refractivity contribution in [1.29, 1.82) is 0 Å². The van der Waals surface area contributed by atoms with Gasteiger partial charge in [-0.3, -0.25) is 4.90 Å². The van der Waals surface area contributed by atoms with Gasteiger partial charge in [-0.2, -0.15) is 11.3 Å². The molecule has 1 saturated heterocycles. The van der Waals surface area contributed by atoms with Gasteiger partial charge in [-0.1, -0.05) is 11.6 Å². The van der Waals surface area contributed by atoms with Crippen molar-refractivity contribution in [2.45, 2.75) is 38.4 Å². The van der Waals surface area contributed by atoms with Crippen molar-refractivity contribution in [1.82, 2.24) is 10.2 Å². The Kier molecular flexibility index (Phi) is 4.31. The van der Waals surface area contributed by atoms with Crippen molar-refractivity contribution in [2.24, 2.45) is 5.41 Å². The summed E-state index contributed by atoms with van der Waals surface area (Å²) < 4.78 is 0.954. The number of thiophene rings is 2. The minimum Gasteiger partial charge on any atom is -0.317 e. The summed E-state index contributed by atoms with van der Waals surface area (Å²) in [6.07, 6.45) is 4.02. The van der Waals surface area contributed by atoms with E-state index in [1.807, 2.05) is 0 Å². The minimum atomic E-state index is 0.573. The lowest BCUT2D eigenvalue weighted by molar-refractivity contribution is 0.188. The molecular formula is C17H21ClN2S2. The average Bonchev–Trinajstić information content (AvgIpc) is 2.90. The highest BCUT2D eigenvalue weighted by Gasteiger charge is 2.56. The third-order valence-corrected chi connectivity index (χ3v) is 7.20. The Balaban J connectivity index is 1.52. The maximum absolute atomic E-state index is 6.35. The number of piperidine rings is 1. The number of halogens is 1. The molecular weight excluding hydrogens is 332 g/mol. The molecule has 118 valence electrons. The zero-order valence-electron chi connectivity index (χ0n) is 12.6. The molecule has 1 unspecified atom stereocenters. The van der Waals surface area contributed by atoms with Gasteiger partial charge in [-0.15, -0.1) is 11.3 Å². The Morgan fingerprint density at radius 2 is 2.09 bits per heavy atom. The van der Waals surface area contributed by atoms with E-state index in [9.17, 15) is 0 Å². The van der Waals surface area contributed by atoms with Gasteiger partial charge < -0.3 is 5.32 Å². The molecule has 0 bridgehead atoms. The molecule has 1 atom stereocenters. The van der Waals surface area contributed by atoms with Crippen LogP contribution < -0.4 is 5.32 Å². The molecule has 1 aliphatic heterocycles. The Morgan fingerprint density at radius 3 is 2.77 bits per heavy atom. The summed E-state index contributed by atoms with van der Waals surface area (Å²) in [7, 11) is 0. The van der Waals surface area contributed by atoms with Crippen LogP contribution in [0.2, 0.25) is 4.34 Å².